The number of benzene rings is 2. The molecule has 1 unspecified atom stereocenters. The summed E-state index contributed by atoms with van der Waals surface area (Å²) < 4.78 is 33.1. The van der Waals surface area contributed by atoms with E-state index in [1.54, 1.807) is 12.1 Å². The van der Waals surface area contributed by atoms with E-state index in [-0.39, 0.29) is 17.8 Å². The predicted molar refractivity (Wildman–Crippen MR) is 129 cm³/mol. The van der Waals surface area contributed by atoms with E-state index >= 15 is 0 Å². The molecule has 1 saturated heterocycles. The zero-order valence-electron chi connectivity index (χ0n) is 18.4. The largest absolute Gasteiger partial charge is 0.376 e. The van der Waals surface area contributed by atoms with Crippen LogP contribution in [0.2, 0.25) is 0 Å². The molecular weight excluding hydrogens is 460 g/mol. The fourth-order valence-electron chi connectivity index (χ4n) is 4.29. The zero-order chi connectivity index (χ0) is 23.0. The van der Waals surface area contributed by atoms with Crippen molar-refractivity contribution in [2.75, 3.05) is 36.9 Å². The lowest BCUT2D eigenvalue weighted by Gasteiger charge is -2.31. The number of thioether (sulfide) groups is 1. The number of carbonyl (C=O) groups is 1. The van der Waals surface area contributed by atoms with Gasteiger partial charge in [-0.05, 0) is 48.0 Å². The minimum atomic E-state index is -3.40. The van der Waals surface area contributed by atoms with E-state index in [2.05, 4.69) is 33.7 Å². The molecule has 3 aliphatic heterocycles. The molecule has 0 aliphatic carbocycles. The molecule has 1 N–H and O–H groups in total. The number of hydrogen-bond acceptors (Lipinski definition) is 7. The summed E-state index contributed by atoms with van der Waals surface area (Å²) >= 11 is 1.29. The minimum absolute atomic E-state index is 0.00235. The minimum Gasteiger partial charge on any atom is -0.376 e. The van der Waals surface area contributed by atoms with Gasteiger partial charge in [0.15, 0.2) is 5.17 Å². The molecular formula is C23H26N4O4S2. The van der Waals surface area contributed by atoms with Crippen molar-refractivity contribution in [2.24, 2.45) is 4.40 Å². The number of amides is 1. The van der Waals surface area contributed by atoms with Gasteiger partial charge in [-0.3, -0.25) is 9.69 Å². The van der Waals surface area contributed by atoms with Crippen molar-refractivity contribution in [3.05, 3.63) is 59.2 Å². The third-order valence-corrected chi connectivity index (χ3v) is 8.22. The van der Waals surface area contributed by atoms with Crippen LogP contribution >= 0.6 is 11.8 Å². The van der Waals surface area contributed by atoms with E-state index in [0.29, 0.717) is 23.8 Å². The standard InChI is InChI=1S/C23H26N4O4S2/c1-16-14-26(7-9-31-16)15-18-4-2-3-17(11-18)13-24-22(28)19-5-6-20-21(12-19)32-23-25-33(29,30)10-8-27(20)23/h2-6,11-12,16H,7-10,13-15H2,1H3,(H,24,28). The quantitative estimate of drug-likeness (QED) is 0.694. The Bertz CT molecular complexity index is 1210. The van der Waals surface area contributed by atoms with Crippen molar-refractivity contribution >= 4 is 38.5 Å². The van der Waals surface area contributed by atoms with Crippen LogP contribution in [0.15, 0.2) is 51.8 Å². The summed E-state index contributed by atoms with van der Waals surface area (Å²) in [5.41, 5.74) is 3.71. The van der Waals surface area contributed by atoms with Gasteiger partial charge in [0.1, 0.15) is 0 Å². The second kappa shape index (κ2) is 9.09. The van der Waals surface area contributed by atoms with Gasteiger partial charge in [0, 0.05) is 43.2 Å². The highest BCUT2D eigenvalue weighted by atomic mass is 32.2. The number of nitrogens with zero attached hydrogens (tertiary/aromatic N) is 3. The Hall–Kier alpha value is -2.40. The zero-order valence-corrected chi connectivity index (χ0v) is 20.0. The average molecular weight is 487 g/mol. The lowest BCUT2D eigenvalue weighted by atomic mass is 10.1. The predicted octanol–water partition coefficient (Wildman–Crippen LogP) is 2.45. The van der Waals surface area contributed by atoms with Gasteiger partial charge in [-0.1, -0.05) is 24.3 Å². The van der Waals surface area contributed by atoms with Gasteiger partial charge >= 0.3 is 0 Å². The maximum absolute atomic E-state index is 12.8. The first kappa shape index (κ1) is 22.4. The normalized spacial score (nSPS) is 21.8. The summed E-state index contributed by atoms with van der Waals surface area (Å²) in [5, 5.41) is 3.46. The Morgan fingerprint density at radius 3 is 2.91 bits per heavy atom. The monoisotopic (exact) mass is 486 g/mol. The number of morpholine rings is 1. The van der Waals surface area contributed by atoms with Crippen LogP contribution in [0, 0.1) is 0 Å². The van der Waals surface area contributed by atoms with Crippen LogP contribution in [0.3, 0.4) is 0 Å². The van der Waals surface area contributed by atoms with Crippen molar-refractivity contribution in [1.82, 2.24) is 10.2 Å². The Balaban J connectivity index is 1.22. The number of rotatable bonds is 5. The maximum atomic E-state index is 12.8. The number of ether oxygens (including phenoxy) is 1. The van der Waals surface area contributed by atoms with E-state index in [1.165, 1.54) is 17.3 Å². The molecule has 5 rings (SSSR count). The van der Waals surface area contributed by atoms with Crippen molar-refractivity contribution in [2.45, 2.75) is 31.0 Å². The van der Waals surface area contributed by atoms with Crippen LogP contribution in [-0.2, 0) is 27.8 Å². The molecule has 174 valence electrons. The van der Waals surface area contributed by atoms with Gasteiger partial charge in [0.05, 0.1) is 24.2 Å². The Kier molecular flexibility index (Phi) is 6.17. The Labute approximate surface area is 198 Å². The molecule has 8 nitrogen and oxygen atoms in total. The molecule has 0 bridgehead atoms. The summed E-state index contributed by atoms with van der Waals surface area (Å²) in [6.45, 7) is 6.39. The highest BCUT2D eigenvalue weighted by molar-refractivity contribution is 8.15. The molecule has 1 fully saturated rings. The number of hydrogen-bond donors (Lipinski definition) is 1. The first-order valence-corrected chi connectivity index (χ1v) is 13.4. The van der Waals surface area contributed by atoms with Crippen molar-refractivity contribution in [1.29, 1.82) is 0 Å². The fraction of sp³-hybridized carbons (Fsp3) is 0.391. The number of amidine groups is 1. The van der Waals surface area contributed by atoms with Gasteiger partial charge in [0.25, 0.3) is 15.9 Å². The topological polar surface area (TPSA) is 91.3 Å². The highest BCUT2D eigenvalue weighted by Gasteiger charge is 2.33. The van der Waals surface area contributed by atoms with Gasteiger partial charge in [0.2, 0.25) is 0 Å². The van der Waals surface area contributed by atoms with E-state index < -0.39 is 10.0 Å². The van der Waals surface area contributed by atoms with Gasteiger partial charge in [-0.15, -0.1) is 4.40 Å². The first-order valence-electron chi connectivity index (χ1n) is 11.0. The van der Waals surface area contributed by atoms with Crippen molar-refractivity contribution in [3.8, 4) is 0 Å². The third kappa shape index (κ3) is 5.08. The van der Waals surface area contributed by atoms with Crippen LogP contribution in [0.25, 0.3) is 0 Å². The second-order valence-corrected chi connectivity index (χ2v) is 11.3. The molecule has 1 amide bonds. The summed E-state index contributed by atoms with van der Waals surface area (Å²) in [4.78, 5) is 17.9. The Morgan fingerprint density at radius 2 is 2.06 bits per heavy atom. The molecule has 10 heteroatoms. The van der Waals surface area contributed by atoms with Crippen LogP contribution in [0.4, 0.5) is 5.69 Å². The smallest absolute Gasteiger partial charge is 0.257 e. The molecule has 3 aliphatic rings. The number of fused-ring (bicyclic) bond motifs is 3. The molecule has 0 spiro atoms. The molecule has 0 aromatic heterocycles. The molecule has 33 heavy (non-hydrogen) atoms. The van der Waals surface area contributed by atoms with Crippen LogP contribution in [0.1, 0.15) is 28.4 Å². The molecule has 2 aromatic carbocycles. The van der Waals surface area contributed by atoms with Crippen LogP contribution in [0.5, 0.6) is 0 Å². The number of carbonyl (C=O) groups excluding carboxylic acids is 1. The summed E-state index contributed by atoms with van der Waals surface area (Å²) in [6.07, 6.45) is 0.254. The molecule has 0 saturated carbocycles. The second-order valence-electron chi connectivity index (χ2n) is 8.52. The average Bonchev–Trinajstić information content (AvgIpc) is 3.13. The number of sulfonamides is 1. The van der Waals surface area contributed by atoms with Crippen LogP contribution < -0.4 is 10.2 Å². The third-order valence-electron chi connectivity index (χ3n) is 5.91. The van der Waals surface area contributed by atoms with Crippen LogP contribution in [-0.4, -0.2) is 62.5 Å². The maximum Gasteiger partial charge on any atom is 0.257 e. The van der Waals surface area contributed by atoms with E-state index in [0.717, 1.165) is 42.4 Å². The van der Waals surface area contributed by atoms with E-state index in [4.69, 9.17) is 4.74 Å². The van der Waals surface area contributed by atoms with Gasteiger partial charge in [-0.2, -0.15) is 0 Å². The lowest BCUT2D eigenvalue weighted by Crippen LogP contribution is -2.40. The van der Waals surface area contributed by atoms with E-state index in [1.807, 2.05) is 23.1 Å². The first-order chi connectivity index (χ1) is 15.9. The fourth-order valence-corrected chi connectivity index (χ4v) is 6.58. The molecule has 3 heterocycles. The van der Waals surface area contributed by atoms with Crippen molar-refractivity contribution < 1.29 is 17.9 Å². The highest BCUT2D eigenvalue weighted by Crippen LogP contribution is 2.42. The molecule has 0 radical (unpaired) electrons. The number of anilines is 1. The summed E-state index contributed by atoms with van der Waals surface area (Å²) in [5.74, 6) is -0.159. The molecule has 2 aromatic rings. The lowest BCUT2D eigenvalue weighted by molar-refractivity contribution is -0.0212. The van der Waals surface area contributed by atoms with E-state index in [9.17, 15) is 13.2 Å². The van der Waals surface area contributed by atoms with Crippen molar-refractivity contribution in [3.63, 3.8) is 0 Å². The SMILES string of the molecule is CC1CN(Cc2cccc(CNC(=O)c3ccc4c(c3)SC3=NS(=O)(=O)CCN34)c2)CCO1. The molecule has 1 atom stereocenters. The Morgan fingerprint density at radius 1 is 1.21 bits per heavy atom. The van der Waals surface area contributed by atoms with Gasteiger partial charge in [-0.25, -0.2) is 8.42 Å². The number of nitrogens with one attached hydrogen (secondary N) is 1. The summed E-state index contributed by atoms with van der Waals surface area (Å²) in [7, 11) is -3.40. The van der Waals surface area contributed by atoms with Gasteiger partial charge < -0.3 is 15.0 Å². The summed E-state index contributed by atoms with van der Waals surface area (Å²) in [6, 6.07) is 13.7.